The maximum Gasteiger partial charge on any atom is 0.241 e. The summed E-state index contributed by atoms with van der Waals surface area (Å²) in [6, 6.07) is 3.59. The van der Waals surface area contributed by atoms with Gasteiger partial charge >= 0.3 is 0 Å². The van der Waals surface area contributed by atoms with Crippen LogP contribution < -0.4 is 19.5 Å². The van der Waals surface area contributed by atoms with Crippen molar-refractivity contribution in [1.82, 2.24) is 10.0 Å². The molecule has 0 saturated carbocycles. The number of carbonyl (C=O) groups is 1. The van der Waals surface area contributed by atoms with E-state index in [9.17, 15) is 13.2 Å². The summed E-state index contributed by atoms with van der Waals surface area (Å²) in [6.45, 7) is 10.7. The van der Waals surface area contributed by atoms with E-state index in [-0.39, 0.29) is 22.8 Å². The minimum atomic E-state index is -3.89. The molecule has 7 nitrogen and oxygen atoms in total. The lowest BCUT2D eigenvalue weighted by Crippen LogP contribution is -2.51. The molecule has 0 unspecified atom stereocenters. The van der Waals surface area contributed by atoms with E-state index in [1.165, 1.54) is 12.1 Å². The monoisotopic (exact) mass is 426 g/mol. The Bertz CT molecular complexity index is 792. The predicted octanol–water partition coefficient (Wildman–Crippen LogP) is 3.09. The average molecular weight is 427 g/mol. The molecule has 0 bridgehead atoms. The molecule has 1 heterocycles. The van der Waals surface area contributed by atoms with Crippen LogP contribution in [0.4, 0.5) is 0 Å². The standard InChI is InChI=1S/C21H34N2O5S/c1-14(2)7-6-8-16(5)22-21(24)20(15(3)4)23-29(25,26)17-9-10-18-19(13-17)28-12-11-27-18/h9-10,13-16,20,23H,6-8,11-12H2,1-5H3,(H,22,24)/t16-,20-/m0/s1. The Balaban J connectivity index is 2.05. The van der Waals surface area contributed by atoms with Crippen molar-refractivity contribution in [3.05, 3.63) is 18.2 Å². The Hall–Kier alpha value is -1.80. The number of nitrogens with one attached hydrogen (secondary N) is 2. The van der Waals surface area contributed by atoms with Crippen molar-refractivity contribution in [2.75, 3.05) is 13.2 Å². The summed E-state index contributed by atoms with van der Waals surface area (Å²) in [5.74, 6) is 1.02. The zero-order valence-corrected chi connectivity index (χ0v) is 18.8. The lowest BCUT2D eigenvalue weighted by Gasteiger charge is -2.24. The highest BCUT2D eigenvalue weighted by atomic mass is 32.2. The largest absolute Gasteiger partial charge is 0.486 e. The molecule has 1 amide bonds. The third-order valence-corrected chi connectivity index (χ3v) is 6.30. The third-order valence-electron chi connectivity index (χ3n) is 4.86. The van der Waals surface area contributed by atoms with Gasteiger partial charge in [0.05, 0.1) is 4.90 Å². The molecular formula is C21H34N2O5S. The summed E-state index contributed by atoms with van der Waals surface area (Å²) in [5.41, 5.74) is 0. The van der Waals surface area contributed by atoms with Gasteiger partial charge in [0, 0.05) is 12.1 Å². The summed E-state index contributed by atoms with van der Waals surface area (Å²) in [5, 5.41) is 2.95. The zero-order chi connectivity index (χ0) is 21.6. The molecule has 0 radical (unpaired) electrons. The summed E-state index contributed by atoms with van der Waals surface area (Å²) in [7, 11) is -3.89. The molecular weight excluding hydrogens is 392 g/mol. The van der Waals surface area contributed by atoms with Crippen LogP contribution in [-0.2, 0) is 14.8 Å². The molecule has 0 saturated heterocycles. The van der Waals surface area contributed by atoms with Crippen LogP contribution in [0.3, 0.4) is 0 Å². The topological polar surface area (TPSA) is 93.7 Å². The molecule has 0 spiro atoms. The van der Waals surface area contributed by atoms with E-state index in [0.29, 0.717) is 30.6 Å². The first kappa shape index (κ1) is 23.5. The second kappa shape index (κ2) is 10.3. The fourth-order valence-electron chi connectivity index (χ4n) is 3.16. The van der Waals surface area contributed by atoms with Crippen LogP contribution in [0.25, 0.3) is 0 Å². The van der Waals surface area contributed by atoms with Crippen LogP contribution in [0.1, 0.15) is 53.9 Å². The second-order valence-corrected chi connectivity index (χ2v) is 10.1. The first-order chi connectivity index (χ1) is 13.6. The number of ether oxygens (including phenoxy) is 2. The fourth-order valence-corrected chi connectivity index (χ4v) is 4.51. The highest BCUT2D eigenvalue weighted by molar-refractivity contribution is 7.89. The van der Waals surface area contributed by atoms with Gasteiger partial charge in [-0.1, -0.05) is 40.5 Å². The maximum absolute atomic E-state index is 12.9. The van der Waals surface area contributed by atoms with Gasteiger partial charge in [-0.15, -0.1) is 0 Å². The lowest BCUT2D eigenvalue weighted by atomic mass is 10.0. The molecule has 2 N–H and O–H groups in total. The minimum Gasteiger partial charge on any atom is -0.486 e. The number of benzene rings is 1. The van der Waals surface area contributed by atoms with Gasteiger partial charge in [0.15, 0.2) is 11.5 Å². The Morgan fingerprint density at radius 3 is 2.31 bits per heavy atom. The number of sulfonamides is 1. The van der Waals surface area contributed by atoms with Gasteiger partial charge in [-0.05, 0) is 37.3 Å². The Labute approximate surface area is 174 Å². The summed E-state index contributed by atoms with van der Waals surface area (Å²) >= 11 is 0. The van der Waals surface area contributed by atoms with Gasteiger partial charge in [0.25, 0.3) is 0 Å². The molecule has 0 fully saturated rings. The molecule has 164 valence electrons. The number of carbonyl (C=O) groups excluding carboxylic acids is 1. The van der Waals surface area contributed by atoms with Crippen LogP contribution in [0.2, 0.25) is 0 Å². The molecule has 8 heteroatoms. The molecule has 1 aliphatic heterocycles. The number of fused-ring (bicyclic) bond motifs is 1. The van der Waals surface area contributed by atoms with E-state index >= 15 is 0 Å². The van der Waals surface area contributed by atoms with Crippen molar-refractivity contribution in [2.24, 2.45) is 11.8 Å². The molecule has 0 aromatic heterocycles. The van der Waals surface area contributed by atoms with E-state index in [1.807, 2.05) is 20.8 Å². The van der Waals surface area contributed by atoms with E-state index in [2.05, 4.69) is 23.9 Å². The average Bonchev–Trinajstić information content (AvgIpc) is 2.65. The number of hydrogen-bond donors (Lipinski definition) is 2. The molecule has 2 rings (SSSR count). The molecule has 29 heavy (non-hydrogen) atoms. The Morgan fingerprint density at radius 2 is 1.69 bits per heavy atom. The minimum absolute atomic E-state index is 0.0127. The molecule has 1 aromatic carbocycles. The quantitative estimate of drug-likeness (QED) is 0.600. The third kappa shape index (κ3) is 6.89. The van der Waals surface area contributed by atoms with E-state index in [4.69, 9.17) is 9.47 Å². The maximum atomic E-state index is 12.9. The predicted molar refractivity (Wildman–Crippen MR) is 113 cm³/mol. The van der Waals surface area contributed by atoms with Crippen molar-refractivity contribution in [1.29, 1.82) is 0 Å². The van der Waals surface area contributed by atoms with Crippen molar-refractivity contribution < 1.29 is 22.7 Å². The lowest BCUT2D eigenvalue weighted by molar-refractivity contribution is -0.124. The first-order valence-corrected chi connectivity index (χ1v) is 11.8. The van der Waals surface area contributed by atoms with Gasteiger partial charge in [-0.25, -0.2) is 8.42 Å². The summed E-state index contributed by atoms with van der Waals surface area (Å²) < 4.78 is 39.2. The van der Waals surface area contributed by atoms with Crippen molar-refractivity contribution in [2.45, 2.75) is 70.9 Å². The van der Waals surface area contributed by atoms with Crippen LogP contribution in [0.5, 0.6) is 11.5 Å². The van der Waals surface area contributed by atoms with Gasteiger partial charge in [0.1, 0.15) is 19.3 Å². The smallest absolute Gasteiger partial charge is 0.241 e. The molecule has 0 aliphatic carbocycles. The van der Waals surface area contributed by atoms with Crippen LogP contribution in [-0.4, -0.2) is 39.6 Å². The molecule has 2 atom stereocenters. The highest BCUT2D eigenvalue weighted by Gasteiger charge is 2.30. The second-order valence-electron chi connectivity index (χ2n) is 8.38. The van der Waals surface area contributed by atoms with Gasteiger partial charge in [-0.2, -0.15) is 4.72 Å². The summed E-state index contributed by atoms with van der Waals surface area (Å²) in [6.07, 6.45) is 2.99. The normalized spacial score (nSPS) is 16.0. The number of amides is 1. The first-order valence-electron chi connectivity index (χ1n) is 10.3. The van der Waals surface area contributed by atoms with E-state index in [0.717, 1.165) is 19.3 Å². The van der Waals surface area contributed by atoms with E-state index < -0.39 is 16.1 Å². The molecule has 1 aliphatic rings. The fraction of sp³-hybridized carbons (Fsp3) is 0.667. The van der Waals surface area contributed by atoms with E-state index in [1.54, 1.807) is 6.07 Å². The zero-order valence-electron chi connectivity index (χ0n) is 18.0. The number of rotatable bonds is 10. The van der Waals surface area contributed by atoms with Crippen LogP contribution in [0, 0.1) is 11.8 Å². The van der Waals surface area contributed by atoms with Crippen molar-refractivity contribution in [3.63, 3.8) is 0 Å². The summed E-state index contributed by atoms with van der Waals surface area (Å²) in [4.78, 5) is 12.8. The van der Waals surface area contributed by atoms with Crippen LogP contribution >= 0.6 is 0 Å². The number of hydrogen-bond acceptors (Lipinski definition) is 5. The molecule has 1 aromatic rings. The highest BCUT2D eigenvalue weighted by Crippen LogP contribution is 2.32. The van der Waals surface area contributed by atoms with Gasteiger partial charge in [0.2, 0.25) is 15.9 Å². The van der Waals surface area contributed by atoms with Crippen molar-refractivity contribution in [3.8, 4) is 11.5 Å². The van der Waals surface area contributed by atoms with Gasteiger partial charge < -0.3 is 14.8 Å². The van der Waals surface area contributed by atoms with Crippen molar-refractivity contribution >= 4 is 15.9 Å². The Morgan fingerprint density at radius 1 is 1.03 bits per heavy atom. The van der Waals surface area contributed by atoms with Crippen LogP contribution in [0.15, 0.2) is 23.1 Å². The SMILES string of the molecule is CC(C)CCC[C@H](C)NC(=O)[C@@H](NS(=O)(=O)c1ccc2c(c1)OCCO2)C(C)C. The van der Waals surface area contributed by atoms with Gasteiger partial charge in [-0.3, -0.25) is 4.79 Å². The Kier molecular flexibility index (Phi) is 8.34.